The van der Waals surface area contributed by atoms with Gasteiger partial charge in [0.05, 0.1) is 17.6 Å². The zero-order chi connectivity index (χ0) is 25.5. The van der Waals surface area contributed by atoms with Crippen LogP contribution in [-0.2, 0) is 10.0 Å². The van der Waals surface area contributed by atoms with Crippen molar-refractivity contribution in [1.29, 1.82) is 0 Å². The van der Waals surface area contributed by atoms with E-state index in [-0.39, 0.29) is 17.4 Å². The minimum Gasteiger partial charge on any atom is -0.493 e. The molecule has 184 valence electrons. The van der Waals surface area contributed by atoms with Gasteiger partial charge in [-0.25, -0.2) is 8.42 Å². The van der Waals surface area contributed by atoms with Gasteiger partial charge in [0.1, 0.15) is 5.75 Å². The number of para-hydroxylation sites is 1. The average molecular weight is 500 g/mol. The van der Waals surface area contributed by atoms with Crippen molar-refractivity contribution in [2.45, 2.75) is 23.8 Å². The fourth-order valence-corrected chi connectivity index (χ4v) is 5.08. The molecule has 2 atom stereocenters. The second-order valence-electron chi connectivity index (χ2n) is 8.53. The first-order valence-electron chi connectivity index (χ1n) is 11.6. The number of anilines is 1. The van der Waals surface area contributed by atoms with Crippen molar-refractivity contribution < 1.29 is 18.3 Å². The largest absolute Gasteiger partial charge is 0.493 e. The number of sulfonamides is 1. The van der Waals surface area contributed by atoms with Crippen LogP contribution >= 0.6 is 0 Å². The Morgan fingerprint density at radius 2 is 1.61 bits per heavy atom. The van der Waals surface area contributed by atoms with Gasteiger partial charge < -0.3 is 9.84 Å². The molecular formula is C30H29NO4S. The molecule has 0 saturated heterocycles. The fraction of sp³-hybridized carbons (Fsp3) is 0.133. The smallest absolute Gasteiger partial charge is 0.261 e. The summed E-state index contributed by atoms with van der Waals surface area (Å²) in [5.41, 5.74) is 4.16. The monoisotopic (exact) mass is 499 g/mol. The quantitative estimate of drug-likeness (QED) is 0.256. The molecule has 0 spiro atoms. The molecule has 0 amide bonds. The average Bonchev–Trinajstić information content (AvgIpc) is 2.91. The molecule has 0 aromatic heterocycles. The molecule has 36 heavy (non-hydrogen) atoms. The highest BCUT2D eigenvalue weighted by molar-refractivity contribution is 7.92. The number of ether oxygens (including phenoxy) is 1. The fourth-order valence-electron chi connectivity index (χ4n) is 4.01. The van der Waals surface area contributed by atoms with E-state index in [0.29, 0.717) is 5.69 Å². The minimum atomic E-state index is -3.71. The summed E-state index contributed by atoms with van der Waals surface area (Å²) in [4.78, 5) is 0.203. The van der Waals surface area contributed by atoms with Gasteiger partial charge in [0.15, 0.2) is 0 Å². The molecule has 4 rings (SSSR count). The molecule has 0 heterocycles. The van der Waals surface area contributed by atoms with Crippen LogP contribution in [-0.4, -0.2) is 26.2 Å². The number of hydrogen-bond donors (Lipinski definition) is 2. The first-order valence-corrected chi connectivity index (χ1v) is 13.1. The van der Waals surface area contributed by atoms with Crippen LogP contribution in [0.3, 0.4) is 0 Å². The Bertz CT molecular complexity index is 1420. The van der Waals surface area contributed by atoms with E-state index in [1.807, 2.05) is 73.7 Å². The van der Waals surface area contributed by atoms with Crippen molar-refractivity contribution in [2.24, 2.45) is 0 Å². The molecule has 2 unspecified atom stereocenters. The highest BCUT2D eigenvalue weighted by atomic mass is 32.2. The van der Waals surface area contributed by atoms with E-state index in [1.54, 1.807) is 36.4 Å². The second kappa shape index (κ2) is 11.2. The van der Waals surface area contributed by atoms with E-state index >= 15 is 0 Å². The second-order valence-corrected chi connectivity index (χ2v) is 10.2. The van der Waals surface area contributed by atoms with Crippen molar-refractivity contribution in [1.82, 2.24) is 0 Å². The molecule has 0 saturated carbocycles. The molecule has 0 bridgehead atoms. The molecule has 0 fully saturated rings. The van der Waals surface area contributed by atoms with Gasteiger partial charge in [0.25, 0.3) is 10.0 Å². The van der Waals surface area contributed by atoms with Crippen LogP contribution in [0.4, 0.5) is 5.69 Å². The van der Waals surface area contributed by atoms with E-state index in [9.17, 15) is 13.5 Å². The van der Waals surface area contributed by atoms with Crippen LogP contribution in [0, 0.1) is 6.92 Å². The minimum absolute atomic E-state index is 0.203. The Hall–Kier alpha value is -3.87. The molecule has 4 aromatic carbocycles. The number of nitrogens with one attached hydrogen (secondary N) is 1. The normalized spacial score (nSPS) is 12.9. The summed E-state index contributed by atoms with van der Waals surface area (Å²) >= 11 is 0. The van der Waals surface area contributed by atoms with Crippen LogP contribution in [0.2, 0.25) is 0 Å². The Balaban J connectivity index is 1.62. The number of rotatable bonds is 10. The van der Waals surface area contributed by atoms with Crippen molar-refractivity contribution in [3.63, 3.8) is 0 Å². The van der Waals surface area contributed by atoms with Crippen molar-refractivity contribution in [2.75, 3.05) is 11.3 Å². The maximum absolute atomic E-state index is 12.8. The first kappa shape index (κ1) is 25.2. The molecule has 5 nitrogen and oxygen atoms in total. The summed E-state index contributed by atoms with van der Waals surface area (Å²) in [6, 6.07) is 31.1. The van der Waals surface area contributed by atoms with Crippen molar-refractivity contribution in [3.8, 4) is 16.9 Å². The van der Waals surface area contributed by atoms with Crippen molar-refractivity contribution in [3.05, 3.63) is 127 Å². The predicted molar refractivity (Wildman–Crippen MR) is 145 cm³/mol. The molecular weight excluding hydrogens is 470 g/mol. The van der Waals surface area contributed by atoms with Gasteiger partial charge in [0.2, 0.25) is 0 Å². The maximum atomic E-state index is 12.8. The summed E-state index contributed by atoms with van der Waals surface area (Å²) < 4.78 is 34.2. The van der Waals surface area contributed by atoms with Crippen LogP contribution in [0.1, 0.15) is 17.0 Å². The lowest BCUT2D eigenvalue weighted by Gasteiger charge is -2.22. The molecule has 0 radical (unpaired) electrons. The number of aryl methyl sites for hydroxylation is 1. The Morgan fingerprint density at radius 3 is 2.31 bits per heavy atom. The van der Waals surface area contributed by atoms with Gasteiger partial charge in [-0.3, -0.25) is 4.72 Å². The third kappa shape index (κ3) is 6.03. The van der Waals surface area contributed by atoms with Crippen LogP contribution in [0.15, 0.2) is 121 Å². The zero-order valence-corrected chi connectivity index (χ0v) is 20.9. The van der Waals surface area contributed by atoms with E-state index in [2.05, 4.69) is 11.3 Å². The third-order valence-electron chi connectivity index (χ3n) is 6.00. The highest BCUT2D eigenvalue weighted by Crippen LogP contribution is 2.31. The molecule has 4 aromatic rings. The van der Waals surface area contributed by atoms with Crippen molar-refractivity contribution >= 4 is 15.7 Å². The van der Waals surface area contributed by atoms with Gasteiger partial charge in [-0.1, -0.05) is 72.8 Å². The highest BCUT2D eigenvalue weighted by Gasteiger charge is 2.21. The van der Waals surface area contributed by atoms with Crippen LogP contribution < -0.4 is 9.46 Å². The Labute approximate surface area is 212 Å². The maximum Gasteiger partial charge on any atom is 0.261 e. The lowest BCUT2D eigenvalue weighted by atomic mass is 9.90. The Morgan fingerprint density at radius 1 is 0.917 bits per heavy atom. The van der Waals surface area contributed by atoms with E-state index in [1.165, 1.54) is 6.08 Å². The van der Waals surface area contributed by atoms with E-state index < -0.39 is 16.1 Å². The van der Waals surface area contributed by atoms with E-state index in [4.69, 9.17) is 4.74 Å². The Kier molecular flexibility index (Phi) is 7.88. The molecule has 0 aliphatic carbocycles. The van der Waals surface area contributed by atoms with Crippen LogP contribution in [0.5, 0.6) is 5.75 Å². The van der Waals surface area contributed by atoms with Gasteiger partial charge in [-0.2, -0.15) is 0 Å². The molecule has 6 heteroatoms. The number of aliphatic hydroxyl groups excluding tert-OH is 1. The summed E-state index contributed by atoms with van der Waals surface area (Å²) in [7, 11) is -3.71. The standard InChI is InChI=1S/C30H29NO4S/c1-3-30(32)29(21-35-26-13-6-4-7-14-26)24-12-10-11-23(19-24)28-20-25(18-17-22(28)2)31-36(33,34)27-15-8-5-9-16-27/h3-20,29-32H,1,21H2,2H3. The lowest BCUT2D eigenvalue weighted by molar-refractivity contribution is 0.151. The molecule has 0 aliphatic heterocycles. The van der Waals surface area contributed by atoms with Crippen LogP contribution in [0.25, 0.3) is 11.1 Å². The summed E-state index contributed by atoms with van der Waals surface area (Å²) in [6.07, 6.45) is 0.713. The third-order valence-corrected chi connectivity index (χ3v) is 7.39. The van der Waals surface area contributed by atoms with Gasteiger partial charge in [-0.05, 0) is 65.6 Å². The zero-order valence-electron chi connectivity index (χ0n) is 20.0. The number of benzene rings is 4. The summed E-state index contributed by atoms with van der Waals surface area (Å²) in [5.74, 6) is 0.395. The lowest BCUT2D eigenvalue weighted by Crippen LogP contribution is -2.22. The first-order chi connectivity index (χ1) is 17.4. The predicted octanol–water partition coefficient (Wildman–Crippen LogP) is 6.17. The van der Waals surface area contributed by atoms with E-state index in [0.717, 1.165) is 28.0 Å². The number of hydrogen-bond acceptors (Lipinski definition) is 4. The summed E-state index contributed by atoms with van der Waals surface area (Å²) in [5, 5.41) is 10.7. The van der Waals surface area contributed by atoms with Gasteiger partial charge >= 0.3 is 0 Å². The summed E-state index contributed by atoms with van der Waals surface area (Å²) in [6.45, 7) is 6.01. The van der Waals surface area contributed by atoms with Gasteiger partial charge in [-0.15, -0.1) is 6.58 Å². The molecule has 2 N–H and O–H groups in total. The topological polar surface area (TPSA) is 75.6 Å². The van der Waals surface area contributed by atoms with Gasteiger partial charge in [0, 0.05) is 11.6 Å². The molecule has 0 aliphatic rings. The SMILES string of the molecule is C=CC(O)C(COc1ccccc1)c1cccc(-c2cc(NS(=O)(=O)c3ccccc3)ccc2C)c1. The number of aliphatic hydroxyl groups is 1.